The molecule has 0 heterocycles. The van der Waals surface area contributed by atoms with Crippen molar-refractivity contribution in [3.05, 3.63) is 48.0 Å². The van der Waals surface area contributed by atoms with E-state index < -0.39 is 17.2 Å². The average Bonchev–Trinajstić information content (AvgIpc) is 3.23. The fraction of sp³-hybridized carbons (Fsp3) is 0.350. The van der Waals surface area contributed by atoms with Gasteiger partial charge in [-0.25, -0.2) is 4.79 Å². The monoisotopic (exact) mass is 307 g/mol. The largest absolute Gasteiger partial charge is 0.444 e. The zero-order chi connectivity index (χ0) is 16.5. The molecule has 0 atom stereocenters. The molecule has 0 bridgehead atoms. The Kier molecular flexibility index (Phi) is 3.77. The first-order valence-electron chi connectivity index (χ1n) is 7.89. The van der Waals surface area contributed by atoms with Crippen molar-refractivity contribution in [1.82, 2.24) is 5.32 Å². The summed E-state index contributed by atoms with van der Waals surface area (Å²) < 4.78 is 5.32. The summed E-state index contributed by atoms with van der Waals surface area (Å²) in [6.45, 7) is 5.57. The van der Waals surface area contributed by atoms with Gasteiger partial charge in [0.2, 0.25) is 0 Å². The molecule has 0 saturated heterocycles. The van der Waals surface area contributed by atoms with Crippen LogP contribution in [0.4, 0.5) is 4.79 Å². The van der Waals surface area contributed by atoms with Crippen molar-refractivity contribution in [3.8, 4) is 11.8 Å². The van der Waals surface area contributed by atoms with Gasteiger partial charge in [-0.2, -0.15) is 0 Å². The molecule has 0 aliphatic heterocycles. The molecule has 1 amide bonds. The van der Waals surface area contributed by atoms with Crippen LogP contribution >= 0.6 is 0 Å². The number of ether oxygens (including phenoxy) is 1. The van der Waals surface area contributed by atoms with Crippen LogP contribution in [0.2, 0.25) is 0 Å². The molecule has 1 aliphatic rings. The lowest BCUT2D eigenvalue weighted by Gasteiger charge is -2.21. The van der Waals surface area contributed by atoms with Gasteiger partial charge < -0.3 is 10.1 Å². The number of hydrogen-bond acceptors (Lipinski definition) is 2. The molecule has 3 rings (SSSR count). The van der Waals surface area contributed by atoms with Gasteiger partial charge in [-0.1, -0.05) is 48.2 Å². The fourth-order valence-corrected chi connectivity index (χ4v) is 2.43. The van der Waals surface area contributed by atoms with Crippen molar-refractivity contribution >= 4 is 16.9 Å². The number of alkyl carbamates (subject to hydrolysis) is 1. The lowest BCUT2D eigenvalue weighted by atomic mass is 10.0. The summed E-state index contributed by atoms with van der Waals surface area (Å²) in [5.74, 6) is 6.47. The maximum Gasteiger partial charge on any atom is 0.408 e. The summed E-state index contributed by atoms with van der Waals surface area (Å²) >= 11 is 0. The molecule has 118 valence electrons. The highest BCUT2D eigenvalue weighted by Gasteiger charge is 2.43. The van der Waals surface area contributed by atoms with Crippen LogP contribution in [0, 0.1) is 11.8 Å². The molecule has 2 aromatic rings. The van der Waals surface area contributed by atoms with Gasteiger partial charge in [-0.15, -0.1) is 0 Å². The fourth-order valence-electron chi connectivity index (χ4n) is 2.43. The summed E-state index contributed by atoms with van der Waals surface area (Å²) in [6, 6.07) is 14.3. The standard InChI is InChI=1S/C20H21NO2/c1-19(2,3)23-18(22)21-20(13-14-20)12-11-16-9-6-8-15-7-4-5-10-17(15)16/h4-10H,13-14H2,1-3H3,(H,21,22). The Bertz CT molecular complexity index is 796. The van der Waals surface area contributed by atoms with Gasteiger partial charge in [-0.05, 0) is 50.5 Å². The Labute approximate surface area is 137 Å². The highest BCUT2D eigenvalue weighted by Crippen LogP contribution is 2.35. The lowest BCUT2D eigenvalue weighted by molar-refractivity contribution is 0.0511. The molecule has 1 aliphatic carbocycles. The van der Waals surface area contributed by atoms with Crippen molar-refractivity contribution in [3.63, 3.8) is 0 Å². The van der Waals surface area contributed by atoms with E-state index in [9.17, 15) is 4.79 Å². The summed E-state index contributed by atoms with van der Waals surface area (Å²) in [4.78, 5) is 11.9. The lowest BCUT2D eigenvalue weighted by Crippen LogP contribution is -2.39. The predicted octanol–water partition coefficient (Wildman–Crippen LogP) is 4.25. The van der Waals surface area contributed by atoms with Crippen LogP contribution in [0.1, 0.15) is 39.2 Å². The Morgan fingerprint density at radius 3 is 2.52 bits per heavy atom. The number of amides is 1. The number of rotatable bonds is 1. The van der Waals surface area contributed by atoms with E-state index in [1.54, 1.807) is 0 Å². The zero-order valence-corrected chi connectivity index (χ0v) is 13.8. The van der Waals surface area contributed by atoms with E-state index in [1.807, 2.05) is 45.0 Å². The molecule has 3 nitrogen and oxygen atoms in total. The Hall–Kier alpha value is -2.47. The van der Waals surface area contributed by atoms with Crippen molar-refractivity contribution in [2.45, 2.75) is 44.8 Å². The topological polar surface area (TPSA) is 38.3 Å². The molecule has 0 spiro atoms. The van der Waals surface area contributed by atoms with Crippen LogP contribution in [0.25, 0.3) is 10.8 Å². The minimum atomic E-state index is -0.497. The summed E-state index contributed by atoms with van der Waals surface area (Å²) in [5, 5.41) is 5.21. The third-order valence-corrected chi connectivity index (χ3v) is 3.72. The number of carbonyl (C=O) groups excluding carboxylic acids is 1. The molecule has 0 unspecified atom stereocenters. The molecular weight excluding hydrogens is 286 g/mol. The molecule has 1 fully saturated rings. The normalized spacial score (nSPS) is 15.4. The quantitative estimate of drug-likeness (QED) is 0.800. The first-order chi connectivity index (χ1) is 10.9. The molecule has 23 heavy (non-hydrogen) atoms. The molecule has 1 N–H and O–H groups in total. The number of benzene rings is 2. The van der Waals surface area contributed by atoms with Crippen LogP contribution in [0.15, 0.2) is 42.5 Å². The third-order valence-electron chi connectivity index (χ3n) is 3.72. The average molecular weight is 307 g/mol. The Morgan fingerprint density at radius 2 is 1.83 bits per heavy atom. The van der Waals surface area contributed by atoms with Crippen LogP contribution < -0.4 is 5.32 Å². The van der Waals surface area contributed by atoms with Crippen molar-refractivity contribution in [1.29, 1.82) is 0 Å². The SMILES string of the molecule is CC(C)(C)OC(=O)NC1(C#Cc2cccc3ccccc23)CC1. The summed E-state index contributed by atoms with van der Waals surface area (Å²) in [6.07, 6.45) is 1.33. The Morgan fingerprint density at radius 1 is 1.13 bits per heavy atom. The Balaban J connectivity index is 1.79. The van der Waals surface area contributed by atoms with E-state index in [-0.39, 0.29) is 0 Å². The van der Waals surface area contributed by atoms with E-state index in [2.05, 4.69) is 35.4 Å². The molecular formula is C20H21NO2. The predicted molar refractivity (Wildman–Crippen MR) is 92.2 cm³/mol. The smallest absolute Gasteiger partial charge is 0.408 e. The second-order valence-electron chi connectivity index (χ2n) is 6.99. The van der Waals surface area contributed by atoms with Gasteiger partial charge in [0.15, 0.2) is 0 Å². The van der Waals surface area contributed by atoms with Crippen LogP contribution in [-0.4, -0.2) is 17.2 Å². The van der Waals surface area contributed by atoms with E-state index >= 15 is 0 Å². The van der Waals surface area contributed by atoms with Crippen molar-refractivity contribution in [2.75, 3.05) is 0 Å². The molecule has 0 radical (unpaired) electrons. The number of carbonyl (C=O) groups is 1. The van der Waals surface area contributed by atoms with Crippen molar-refractivity contribution < 1.29 is 9.53 Å². The van der Waals surface area contributed by atoms with Gasteiger partial charge in [0, 0.05) is 5.56 Å². The highest BCUT2D eigenvalue weighted by molar-refractivity contribution is 5.88. The van der Waals surface area contributed by atoms with Crippen LogP contribution in [0.3, 0.4) is 0 Å². The van der Waals surface area contributed by atoms with Gasteiger partial charge in [-0.3, -0.25) is 0 Å². The van der Waals surface area contributed by atoms with Crippen molar-refractivity contribution in [2.24, 2.45) is 0 Å². The molecule has 3 heteroatoms. The first kappa shape index (κ1) is 15.4. The summed E-state index contributed by atoms with van der Waals surface area (Å²) in [7, 11) is 0. The van der Waals surface area contributed by atoms with E-state index in [0.717, 1.165) is 23.8 Å². The number of fused-ring (bicyclic) bond motifs is 1. The second-order valence-corrected chi connectivity index (χ2v) is 6.99. The van der Waals surface area contributed by atoms with Crippen LogP contribution in [0.5, 0.6) is 0 Å². The highest BCUT2D eigenvalue weighted by atomic mass is 16.6. The number of hydrogen-bond donors (Lipinski definition) is 1. The van der Waals surface area contributed by atoms with E-state index in [0.29, 0.717) is 0 Å². The molecule has 2 aromatic carbocycles. The maximum absolute atomic E-state index is 11.9. The zero-order valence-electron chi connectivity index (χ0n) is 13.8. The van der Waals surface area contributed by atoms with Gasteiger partial charge in [0.1, 0.15) is 11.1 Å². The third kappa shape index (κ3) is 3.84. The molecule has 0 aromatic heterocycles. The van der Waals surface area contributed by atoms with E-state index in [1.165, 1.54) is 5.39 Å². The van der Waals surface area contributed by atoms with Gasteiger partial charge in [0.25, 0.3) is 0 Å². The van der Waals surface area contributed by atoms with Crippen LogP contribution in [-0.2, 0) is 4.74 Å². The minimum Gasteiger partial charge on any atom is -0.444 e. The number of nitrogens with one attached hydrogen (secondary N) is 1. The maximum atomic E-state index is 11.9. The summed E-state index contributed by atoms with van der Waals surface area (Å²) in [5.41, 5.74) is 0.0584. The first-order valence-corrected chi connectivity index (χ1v) is 7.89. The minimum absolute atomic E-state index is 0.401. The second kappa shape index (κ2) is 5.62. The van der Waals surface area contributed by atoms with Gasteiger partial charge >= 0.3 is 6.09 Å². The van der Waals surface area contributed by atoms with E-state index in [4.69, 9.17) is 4.74 Å². The van der Waals surface area contributed by atoms with Gasteiger partial charge in [0.05, 0.1) is 0 Å². The molecule has 1 saturated carbocycles.